The Balaban J connectivity index is 1.20. The summed E-state index contributed by atoms with van der Waals surface area (Å²) in [5.41, 5.74) is 5.95. The molecule has 0 radical (unpaired) electrons. The van der Waals surface area contributed by atoms with Gasteiger partial charge in [-0.05, 0) is 55.5 Å². The zero-order valence-corrected chi connectivity index (χ0v) is 21.8. The van der Waals surface area contributed by atoms with Crippen molar-refractivity contribution in [2.45, 2.75) is 13.3 Å². The summed E-state index contributed by atoms with van der Waals surface area (Å²) in [4.78, 5) is 22.5. The number of benzene rings is 3. The Hall–Kier alpha value is -3.16. The number of halogens is 1. The number of carbonyl (C=O) groups is 1. The summed E-state index contributed by atoms with van der Waals surface area (Å²) >= 11 is 3.42. The highest BCUT2D eigenvalue weighted by molar-refractivity contribution is 9.10. The fourth-order valence-corrected chi connectivity index (χ4v) is 5.03. The summed E-state index contributed by atoms with van der Waals surface area (Å²) in [7, 11) is 2.07. The van der Waals surface area contributed by atoms with Gasteiger partial charge in [-0.2, -0.15) is 0 Å². The van der Waals surface area contributed by atoms with Crippen LogP contribution in [0.25, 0.3) is 11.0 Å². The average molecular weight is 532 g/mol. The molecule has 2 heterocycles. The Morgan fingerprint density at radius 2 is 1.77 bits per heavy atom. The van der Waals surface area contributed by atoms with Gasteiger partial charge < -0.3 is 14.8 Å². The van der Waals surface area contributed by atoms with Crippen molar-refractivity contribution in [3.63, 3.8) is 0 Å². The van der Waals surface area contributed by atoms with Crippen LogP contribution in [0.2, 0.25) is 0 Å². The van der Waals surface area contributed by atoms with Crippen LogP contribution in [-0.2, 0) is 13.5 Å². The molecule has 35 heavy (non-hydrogen) atoms. The summed E-state index contributed by atoms with van der Waals surface area (Å²) in [6.45, 7) is 7.33. The van der Waals surface area contributed by atoms with Crippen molar-refractivity contribution in [2.24, 2.45) is 7.05 Å². The van der Waals surface area contributed by atoms with Crippen molar-refractivity contribution in [1.29, 1.82) is 0 Å². The van der Waals surface area contributed by atoms with Crippen LogP contribution in [0.1, 0.15) is 21.7 Å². The third kappa shape index (κ3) is 5.41. The minimum Gasteiger partial charge on any atom is -0.369 e. The third-order valence-electron chi connectivity index (χ3n) is 6.74. The zero-order chi connectivity index (χ0) is 24.4. The van der Waals surface area contributed by atoms with Gasteiger partial charge in [0, 0.05) is 67.6 Å². The van der Waals surface area contributed by atoms with Gasteiger partial charge in [0.25, 0.3) is 5.91 Å². The van der Waals surface area contributed by atoms with Crippen molar-refractivity contribution in [2.75, 3.05) is 42.9 Å². The molecule has 1 aromatic heterocycles. The fourth-order valence-electron chi connectivity index (χ4n) is 4.63. The second-order valence-electron chi connectivity index (χ2n) is 9.17. The topological polar surface area (TPSA) is 53.4 Å². The number of piperazine rings is 1. The van der Waals surface area contributed by atoms with Crippen LogP contribution < -0.4 is 10.2 Å². The molecule has 0 unspecified atom stereocenters. The molecule has 5 rings (SSSR count). The number of anilines is 2. The van der Waals surface area contributed by atoms with Crippen LogP contribution in [0.15, 0.2) is 71.2 Å². The second-order valence-corrected chi connectivity index (χ2v) is 10.1. The molecule has 0 saturated carbocycles. The van der Waals surface area contributed by atoms with Crippen LogP contribution in [0.4, 0.5) is 11.4 Å². The molecule has 3 aromatic carbocycles. The largest absolute Gasteiger partial charge is 0.369 e. The number of hydrogen-bond donors (Lipinski definition) is 1. The van der Waals surface area contributed by atoms with E-state index in [0.29, 0.717) is 5.56 Å². The Labute approximate surface area is 214 Å². The first-order valence-corrected chi connectivity index (χ1v) is 12.8. The maximum atomic E-state index is 12.6. The highest BCUT2D eigenvalue weighted by Crippen LogP contribution is 2.22. The van der Waals surface area contributed by atoms with Crippen molar-refractivity contribution in [1.82, 2.24) is 14.5 Å². The number of nitrogens with zero attached hydrogens (tertiary/aromatic N) is 4. The number of rotatable bonds is 6. The number of aryl methyl sites for hydroxylation is 2. The van der Waals surface area contributed by atoms with Gasteiger partial charge >= 0.3 is 0 Å². The minimum absolute atomic E-state index is 0.133. The molecule has 0 aliphatic carbocycles. The molecule has 1 aliphatic heterocycles. The van der Waals surface area contributed by atoms with E-state index in [1.165, 1.54) is 11.3 Å². The summed E-state index contributed by atoms with van der Waals surface area (Å²) in [5, 5.41) is 2.99. The number of amides is 1. The predicted octanol–water partition coefficient (Wildman–Crippen LogP) is 5.26. The summed E-state index contributed by atoms with van der Waals surface area (Å²) in [6, 6.07) is 22.1. The van der Waals surface area contributed by atoms with Gasteiger partial charge in [0.05, 0.1) is 11.0 Å². The van der Waals surface area contributed by atoms with Gasteiger partial charge in [-0.25, -0.2) is 4.98 Å². The Morgan fingerprint density at radius 3 is 2.51 bits per heavy atom. The van der Waals surface area contributed by atoms with E-state index in [4.69, 9.17) is 4.98 Å². The normalized spacial score (nSPS) is 14.4. The van der Waals surface area contributed by atoms with Gasteiger partial charge in [-0.15, -0.1) is 0 Å². The number of fused-ring (bicyclic) bond motifs is 1. The van der Waals surface area contributed by atoms with Crippen LogP contribution in [0, 0.1) is 6.92 Å². The Kier molecular flexibility index (Phi) is 6.88. The van der Waals surface area contributed by atoms with Gasteiger partial charge in [0.15, 0.2) is 0 Å². The zero-order valence-electron chi connectivity index (χ0n) is 20.2. The van der Waals surface area contributed by atoms with Gasteiger partial charge in [-0.3, -0.25) is 9.69 Å². The molecule has 4 aromatic rings. The second kappa shape index (κ2) is 10.2. The molecular formula is C28H30BrN5O. The third-order valence-corrected chi connectivity index (χ3v) is 7.23. The molecule has 0 bridgehead atoms. The molecule has 0 spiro atoms. The SMILES string of the molecule is Cc1ccc(N2CCN(CCc3nc4cc(NC(=O)c5cccc(Br)c5)ccc4n3C)CC2)cc1. The number of hydrogen-bond acceptors (Lipinski definition) is 4. The van der Waals surface area contributed by atoms with Crippen molar-refractivity contribution < 1.29 is 4.79 Å². The van der Waals surface area contributed by atoms with E-state index in [2.05, 4.69) is 73.9 Å². The molecular weight excluding hydrogens is 502 g/mol. The molecule has 1 saturated heterocycles. The van der Waals surface area contributed by atoms with Crippen molar-refractivity contribution in [3.05, 3.63) is 88.2 Å². The summed E-state index contributed by atoms with van der Waals surface area (Å²) in [6.07, 6.45) is 0.898. The van der Waals surface area contributed by atoms with Crippen molar-refractivity contribution in [3.8, 4) is 0 Å². The number of nitrogens with one attached hydrogen (secondary N) is 1. The van der Waals surface area contributed by atoms with Crippen LogP contribution in [-0.4, -0.2) is 53.1 Å². The van der Waals surface area contributed by atoms with Crippen LogP contribution in [0.3, 0.4) is 0 Å². The lowest BCUT2D eigenvalue weighted by molar-refractivity contribution is 0.102. The first kappa shape index (κ1) is 23.6. The van der Waals surface area contributed by atoms with Crippen LogP contribution >= 0.6 is 15.9 Å². The Morgan fingerprint density at radius 1 is 1.00 bits per heavy atom. The molecule has 0 atom stereocenters. The first-order valence-electron chi connectivity index (χ1n) is 12.0. The predicted molar refractivity (Wildman–Crippen MR) is 146 cm³/mol. The average Bonchev–Trinajstić information content (AvgIpc) is 3.18. The number of carbonyl (C=O) groups excluding carboxylic acids is 1. The standard InChI is InChI=1S/C28H30BrN5O/c1-20-6-9-24(10-7-20)34-16-14-33(15-17-34)13-12-27-31-25-19-23(8-11-26(25)32(27)2)30-28(35)21-4-3-5-22(29)18-21/h3-11,18-19H,12-17H2,1-2H3,(H,30,35). The molecule has 1 aliphatic rings. The van der Waals surface area contributed by atoms with E-state index >= 15 is 0 Å². The molecule has 1 N–H and O–H groups in total. The molecule has 6 nitrogen and oxygen atoms in total. The molecule has 1 fully saturated rings. The summed E-state index contributed by atoms with van der Waals surface area (Å²) < 4.78 is 3.05. The number of imidazole rings is 1. The van der Waals surface area contributed by atoms with E-state index in [-0.39, 0.29) is 5.91 Å². The molecule has 1 amide bonds. The monoisotopic (exact) mass is 531 g/mol. The lowest BCUT2D eigenvalue weighted by Crippen LogP contribution is -2.47. The Bertz CT molecular complexity index is 1340. The van der Waals surface area contributed by atoms with E-state index in [0.717, 1.165) is 66.2 Å². The van der Waals surface area contributed by atoms with E-state index in [1.807, 2.05) is 36.4 Å². The molecule has 180 valence electrons. The number of aromatic nitrogens is 2. The quantitative estimate of drug-likeness (QED) is 0.368. The highest BCUT2D eigenvalue weighted by Gasteiger charge is 2.18. The van der Waals surface area contributed by atoms with Gasteiger partial charge in [0.1, 0.15) is 5.82 Å². The van der Waals surface area contributed by atoms with E-state index < -0.39 is 0 Å². The highest BCUT2D eigenvalue weighted by atomic mass is 79.9. The van der Waals surface area contributed by atoms with Gasteiger partial charge in [0.2, 0.25) is 0 Å². The summed E-state index contributed by atoms with van der Waals surface area (Å²) in [5.74, 6) is 0.933. The fraction of sp³-hybridized carbons (Fsp3) is 0.286. The lowest BCUT2D eigenvalue weighted by Gasteiger charge is -2.36. The smallest absolute Gasteiger partial charge is 0.255 e. The first-order chi connectivity index (χ1) is 17.0. The molecule has 7 heteroatoms. The van der Waals surface area contributed by atoms with Crippen molar-refractivity contribution >= 4 is 44.2 Å². The lowest BCUT2D eigenvalue weighted by atomic mass is 10.2. The minimum atomic E-state index is -0.133. The van der Waals surface area contributed by atoms with Gasteiger partial charge in [-0.1, -0.05) is 39.7 Å². The maximum absolute atomic E-state index is 12.6. The van der Waals surface area contributed by atoms with E-state index in [9.17, 15) is 4.79 Å². The maximum Gasteiger partial charge on any atom is 0.255 e. The van der Waals surface area contributed by atoms with Crippen LogP contribution in [0.5, 0.6) is 0 Å². The van der Waals surface area contributed by atoms with E-state index in [1.54, 1.807) is 6.07 Å².